The fourth-order valence-electron chi connectivity index (χ4n) is 1.74. The zero-order chi connectivity index (χ0) is 15.2. The fourth-order valence-corrected chi connectivity index (χ4v) is 1.87. The summed E-state index contributed by atoms with van der Waals surface area (Å²) in [5.41, 5.74) is 6.99. The van der Waals surface area contributed by atoms with Crippen LogP contribution >= 0.6 is 11.6 Å². The van der Waals surface area contributed by atoms with Gasteiger partial charge in [-0.15, -0.1) is 0 Å². The van der Waals surface area contributed by atoms with Gasteiger partial charge >= 0.3 is 0 Å². The molecule has 0 fully saturated rings. The highest BCUT2D eigenvalue weighted by molar-refractivity contribution is 6.28. The Hall–Kier alpha value is -2.21. The molecule has 0 saturated carbocycles. The van der Waals surface area contributed by atoms with Crippen LogP contribution in [0.3, 0.4) is 0 Å². The van der Waals surface area contributed by atoms with Crippen LogP contribution < -0.4 is 20.5 Å². The summed E-state index contributed by atoms with van der Waals surface area (Å²) in [6.07, 6.45) is 1.45. The summed E-state index contributed by atoms with van der Waals surface area (Å²) in [4.78, 5) is 7.86. The van der Waals surface area contributed by atoms with Crippen LogP contribution in [0.2, 0.25) is 5.28 Å². The normalized spacial score (nSPS) is 10.2. The molecule has 112 valence electrons. The fraction of sp³-hybridized carbons (Fsp3) is 0.286. The second-order valence-electron chi connectivity index (χ2n) is 4.10. The van der Waals surface area contributed by atoms with Crippen molar-refractivity contribution < 1.29 is 9.47 Å². The minimum Gasteiger partial charge on any atom is -0.490 e. The van der Waals surface area contributed by atoms with Gasteiger partial charge in [0.05, 0.1) is 25.1 Å². The highest BCUT2D eigenvalue weighted by Crippen LogP contribution is 2.32. The van der Waals surface area contributed by atoms with Crippen LogP contribution in [-0.2, 0) is 0 Å². The van der Waals surface area contributed by atoms with Crippen molar-refractivity contribution in [2.75, 3.05) is 24.3 Å². The van der Waals surface area contributed by atoms with E-state index in [2.05, 4.69) is 15.3 Å². The first kappa shape index (κ1) is 15.2. The molecular weight excluding hydrogens is 292 g/mol. The summed E-state index contributed by atoms with van der Waals surface area (Å²) in [6, 6.07) is 5.50. The first-order valence-electron chi connectivity index (χ1n) is 6.58. The topological polar surface area (TPSA) is 82.3 Å². The van der Waals surface area contributed by atoms with Crippen LogP contribution in [0.15, 0.2) is 24.4 Å². The number of hydrogen-bond acceptors (Lipinski definition) is 6. The molecule has 3 N–H and O–H groups in total. The van der Waals surface area contributed by atoms with E-state index < -0.39 is 0 Å². The van der Waals surface area contributed by atoms with Crippen molar-refractivity contribution in [2.24, 2.45) is 0 Å². The molecule has 0 saturated heterocycles. The molecule has 0 aliphatic heterocycles. The molecule has 0 radical (unpaired) electrons. The SMILES string of the molecule is CCOc1ccc(Nc2nc(Cl)ncc2N)cc1OCC. The van der Waals surface area contributed by atoms with Gasteiger partial charge in [-0.1, -0.05) is 0 Å². The lowest BCUT2D eigenvalue weighted by atomic mass is 10.2. The summed E-state index contributed by atoms with van der Waals surface area (Å²) in [5.74, 6) is 1.79. The van der Waals surface area contributed by atoms with Gasteiger partial charge in [-0.2, -0.15) is 4.98 Å². The van der Waals surface area contributed by atoms with Crippen LogP contribution in [0, 0.1) is 0 Å². The highest BCUT2D eigenvalue weighted by Gasteiger charge is 2.08. The van der Waals surface area contributed by atoms with E-state index in [1.54, 1.807) is 0 Å². The number of nitrogen functional groups attached to an aromatic ring is 1. The molecule has 0 spiro atoms. The maximum atomic E-state index is 5.81. The number of ether oxygens (including phenoxy) is 2. The number of rotatable bonds is 6. The summed E-state index contributed by atoms with van der Waals surface area (Å²) in [6.45, 7) is 4.95. The minimum atomic E-state index is 0.127. The Bertz CT molecular complexity index is 622. The van der Waals surface area contributed by atoms with Crippen molar-refractivity contribution >= 4 is 28.8 Å². The molecule has 0 unspecified atom stereocenters. The smallest absolute Gasteiger partial charge is 0.224 e. The Labute approximate surface area is 128 Å². The number of hydrogen-bond donors (Lipinski definition) is 2. The molecule has 0 aliphatic carbocycles. The van der Waals surface area contributed by atoms with Crippen LogP contribution in [-0.4, -0.2) is 23.2 Å². The molecule has 0 bridgehead atoms. The van der Waals surface area contributed by atoms with E-state index in [1.165, 1.54) is 6.20 Å². The maximum absolute atomic E-state index is 5.81. The van der Waals surface area contributed by atoms with Gasteiger partial charge < -0.3 is 20.5 Å². The number of nitrogens with two attached hydrogens (primary N) is 1. The number of anilines is 3. The molecule has 6 nitrogen and oxygen atoms in total. The molecule has 1 heterocycles. The average Bonchev–Trinajstić information content (AvgIpc) is 2.46. The Morgan fingerprint density at radius 3 is 2.62 bits per heavy atom. The summed E-state index contributed by atoms with van der Waals surface area (Å²) in [5, 5.41) is 3.21. The van der Waals surface area contributed by atoms with Crippen molar-refractivity contribution in [3.8, 4) is 11.5 Å². The second-order valence-corrected chi connectivity index (χ2v) is 4.43. The van der Waals surface area contributed by atoms with Gasteiger partial charge in [-0.25, -0.2) is 4.98 Å². The molecular formula is C14H17ClN4O2. The van der Waals surface area contributed by atoms with Crippen LogP contribution in [0.1, 0.15) is 13.8 Å². The highest BCUT2D eigenvalue weighted by atomic mass is 35.5. The summed E-state index contributed by atoms with van der Waals surface area (Å²) in [7, 11) is 0. The molecule has 0 atom stereocenters. The number of halogens is 1. The Morgan fingerprint density at radius 2 is 1.90 bits per heavy atom. The Kier molecular flexibility index (Phi) is 5.05. The Morgan fingerprint density at radius 1 is 1.19 bits per heavy atom. The van der Waals surface area contributed by atoms with E-state index in [-0.39, 0.29) is 5.28 Å². The van der Waals surface area contributed by atoms with Crippen molar-refractivity contribution in [3.05, 3.63) is 29.7 Å². The monoisotopic (exact) mass is 308 g/mol. The van der Waals surface area contributed by atoms with Crippen molar-refractivity contribution in [3.63, 3.8) is 0 Å². The molecule has 0 aliphatic rings. The van der Waals surface area contributed by atoms with Crippen molar-refractivity contribution in [1.82, 2.24) is 9.97 Å². The molecule has 2 aromatic rings. The summed E-state index contributed by atoms with van der Waals surface area (Å²) >= 11 is 5.77. The van der Waals surface area contributed by atoms with E-state index >= 15 is 0 Å². The molecule has 0 amide bonds. The Balaban J connectivity index is 2.27. The van der Waals surface area contributed by atoms with Gasteiger partial charge in [0, 0.05) is 11.8 Å². The number of nitrogens with one attached hydrogen (secondary N) is 1. The van der Waals surface area contributed by atoms with Crippen LogP contribution in [0.25, 0.3) is 0 Å². The number of benzene rings is 1. The maximum Gasteiger partial charge on any atom is 0.224 e. The largest absolute Gasteiger partial charge is 0.490 e. The zero-order valence-corrected chi connectivity index (χ0v) is 12.6. The van der Waals surface area contributed by atoms with Crippen molar-refractivity contribution in [1.29, 1.82) is 0 Å². The lowest BCUT2D eigenvalue weighted by molar-refractivity contribution is 0.288. The number of nitrogens with zero attached hydrogens (tertiary/aromatic N) is 2. The third-order valence-corrected chi connectivity index (χ3v) is 2.78. The zero-order valence-electron chi connectivity index (χ0n) is 11.9. The van der Waals surface area contributed by atoms with Gasteiger partial charge in [-0.3, -0.25) is 0 Å². The minimum absolute atomic E-state index is 0.127. The molecule has 7 heteroatoms. The first-order chi connectivity index (χ1) is 10.1. The lowest BCUT2D eigenvalue weighted by Crippen LogP contribution is -2.02. The second kappa shape index (κ2) is 6.99. The quantitative estimate of drug-likeness (QED) is 0.797. The van der Waals surface area contributed by atoms with Gasteiger partial charge in [0.15, 0.2) is 17.3 Å². The third-order valence-electron chi connectivity index (χ3n) is 2.59. The molecule has 1 aromatic heterocycles. The van der Waals surface area contributed by atoms with Gasteiger partial charge in [0.25, 0.3) is 0 Å². The van der Waals surface area contributed by atoms with E-state index in [0.29, 0.717) is 36.2 Å². The standard InChI is InChI=1S/C14H17ClN4O2/c1-3-20-11-6-5-9(7-12(11)21-4-2)18-13-10(16)8-17-14(15)19-13/h5-8H,3-4,16H2,1-2H3,(H,17,18,19). The predicted molar refractivity (Wildman–Crippen MR) is 83.5 cm³/mol. The van der Waals surface area contributed by atoms with E-state index in [0.717, 1.165) is 5.69 Å². The van der Waals surface area contributed by atoms with E-state index in [4.69, 9.17) is 26.8 Å². The lowest BCUT2D eigenvalue weighted by Gasteiger charge is -2.13. The molecule has 2 rings (SSSR count). The van der Waals surface area contributed by atoms with Crippen LogP contribution in [0.5, 0.6) is 11.5 Å². The first-order valence-corrected chi connectivity index (χ1v) is 6.96. The molecule has 21 heavy (non-hydrogen) atoms. The van der Waals surface area contributed by atoms with E-state index in [9.17, 15) is 0 Å². The molecule has 1 aromatic carbocycles. The number of aromatic nitrogens is 2. The summed E-state index contributed by atoms with van der Waals surface area (Å²) < 4.78 is 11.1. The predicted octanol–water partition coefficient (Wildman–Crippen LogP) is 3.25. The third kappa shape index (κ3) is 3.88. The van der Waals surface area contributed by atoms with Crippen LogP contribution in [0.4, 0.5) is 17.2 Å². The van der Waals surface area contributed by atoms with Gasteiger partial charge in [0.1, 0.15) is 0 Å². The van der Waals surface area contributed by atoms with Gasteiger partial charge in [0.2, 0.25) is 5.28 Å². The van der Waals surface area contributed by atoms with Crippen molar-refractivity contribution in [2.45, 2.75) is 13.8 Å². The van der Waals surface area contributed by atoms with E-state index in [1.807, 2.05) is 32.0 Å². The average molecular weight is 309 g/mol. The van der Waals surface area contributed by atoms with Gasteiger partial charge in [-0.05, 0) is 37.6 Å².